The molecule has 1 unspecified atom stereocenters. The van der Waals surface area contributed by atoms with Gasteiger partial charge in [0.1, 0.15) is 5.82 Å². The average molecular weight is 185 g/mol. The van der Waals surface area contributed by atoms with Crippen LogP contribution in [0.1, 0.15) is 22.1 Å². The SMILES string of the molecule is O=C1c2cccc(F)c2C(O)N1F. The van der Waals surface area contributed by atoms with Crippen molar-refractivity contribution in [2.45, 2.75) is 6.23 Å². The van der Waals surface area contributed by atoms with E-state index < -0.39 is 23.1 Å². The number of rotatable bonds is 0. The van der Waals surface area contributed by atoms with E-state index in [1.807, 2.05) is 0 Å². The number of nitrogens with zero attached hydrogens (tertiary/aromatic N) is 1. The standard InChI is InChI=1S/C8H5F2NO2/c9-5-3-1-2-4-6(5)8(13)11(10)7(4)12/h1-3,8,13H. The number of aliphatic hydroxyl groups is 1. The molecule has 13 heavy (non-hydrogen) atoms. The molecule has 1 N–H and O–H groups in total. The van der Waals surface area contributed by atoms with Crippen molar-refractivity contribution in [3.63, 3.8) is 0 Å². The zero-order valence-corrected chi connectivity index (χ0v) is 6.37. The van der Waals surface area contributed by atoms with Crippen molar-refractivity contribution in [3.8, 4) is 0 Å². The second-order valence-corrected chi connectivity index (χ2v) is 2.69. The molecule has 5 heteroatoms. The molecule has 68 valence electrons. The fourth-order valence-electron chi connectivity index (χ4n) is 1.33. The second-order valence-electron chi connectivity index (χ2n) is 2.69. The van der Waals surface area contributed by atoms with Crippen molar-refractivity contribution in [2.24, 2.45) is 0 Å². The van der Waals surface area contributed by atoms with Crippen molar-refractivity contribution in [2.75, 3.05) is 0 Å². The van der Waals surface area contributed by atoms with Crippen molar-refractivity contribution in [3.05, 3.63) is 35.1 Å². The Bertz CT molecular complexity index is 380. The van der Waals surface area contributed by atoms with Crippen LogP contribution in [0.3, 0.4) is 0 Å². The first kappa shape index (κ1) is 8.12. The number of amides is 1. The molecule has 0 aliphatic carbocycles. The number of aliphatic hydroxyl groups excluding tert-OH is 1. The number of halogens is 2. The smallest absolute Gasteiger partial charge is 0.284 e. The summed E-state index contributed by atoms with van der Waals surface area (Å²) in [5.41, 5.74) is -0.426. The van der Waals surface area contributed by atoms with Crippen LogP contribution < -0.4 is 0 Å². The summed E-state index contributed by atoms with van der Waals surface area (Å²) in [6.07, 6.45) is -1.82. The normalized spacial score (nSPS) is 20.7. The number of carbonyl (C=O) groups is 1. The molecular formula is C8H5F2NO2. The summed E-state index contributed by atoms with van der Waals surface area (Å²) in [6.45, 7) is 0. The van der Waals surface area contributed by atoms with Crippen LogP contribution in [0.4, 0.5) is 8.87 Å². The van der Waals surface area contributed by atoms with Gasteiger partial charge in [-0.15, -0.1) is 5.12 Å². The molecule has 0 spiro atoms. The molecule has 0 saturated heterocycles. The summed E-state index contributed by atoms with van der Waals surface area (Å²) in [6, 6.07) is 3.62. The van der Waals surface area contributed by atoms with Crippen LogP contribution in [0.25, 0.3) is 0 Å². The summed E-state index contributed by atoms with van der Waals surface area (Å²) in [4.78, 5) is 11.0. The topological polar surface area (TPSA) is 40.5 Å². The molecule has 1 aromatic rings. The van der Waals surface area contributed by atoms with Gasteiger partial charge >= 0.3 is 0 Å². The highest BCUT2D eigenvalue weighted by Crippen LogP contribution is 2.33. The Labute approximate surface area is 72.1 Å². The highest BCUT2D eigenvalue weighted by Gasteiger charge is 2.38. The van der Waals surface area contributed by atoms with Crippen molar-refractivity contribution >= 4 is 5.91 Å². The van der Waals surface area contributed by atoms with Crippen LogP contribution in [0, 0.1) is 5.82 Å². The molecule has 1 amide bonds. The summed E-state index contributed by atoms with van der Waals surface area (Å²) >= 11 is 0. The quantitative estimate of drug-likeness (QED) is 0.616. The third-order valence-electron chi connectivity index (χ3n) is 1.95. The molecule has 0 fully saturated rings. The van der Waals surface area contributed by atoms with E-state index in [4.69, 9.17) is 5.11 Å². The van der Waals surface area contributed by atoms with Gasteiger partial charge in [-0.2, -0.15) is 0 Å². The van der Waals surface area contributed by atoms with Gasteiger partial charge in [-0.25, -0.2) is 4.39 Å². The monoisotopic (exact) mass is 185 g/mol. The van der Waals surface area contributed by atoms with Gasteiger partial charge in [-0.3, -0.25) is 4.79 Å². The van der Waals surface area contributed by atoms with Gasteiger partial charge in [-0.05, 0) is 12.1 Å². The number of benzene rings is 1. The van der Waals surface area contributed by atoms with E-state index in [0.717, 1.165) is 6.07 Å². The molecule has 2 rings (SSSR count). The Morgan fingerprint density at radius 1 is 1.46 bits per heavy atom. The maximum Gasteiger partial charge on any atom is 0.284 e. The number of hydrogen-bond acceptors (Lipinski definition) is 2. The number of fused-ring (bicyclic) bond motifs is 1. The Hall–Kier alpha value is -1.49. The fraction of sp³-hybridized carbons (Fsp3) is 0.125. The van der Waals surface area contributed by atoms with Crippen LogP contribution in [0.5, 0.6) is 0 Å². The maximum atomic E-state index is 13.0. The minimum atomic E-state index is -1.82. The Morgan fingerprint density at radius 3 is 2.77 bits per heavy atom. The lowest BCUT2D eigenvalue weighted by Gasteiger charge is -2.07. The predicted molar refractivity (Wildman–Crippen MR) is 38.6 cm³/mol. The zero-order valence-electron chi connectivity index (χ0n) is 6.37. The summed E-state index contributed by atoms with van der Waals surface area (Å²) in [5.74, 6) is -1.79. The molecule has 1 atom stereocenters. The van der Waals surface area contributed by atoms with Gasteiger partial charge in [0.25, 0.3) is 5.91 Å². The number of carbonyl (C=O) groups excluding carboxylic acids is 1. The van der Waals surface area contributed by atoms with Gasteiger partial charge in [0, 0.05) is 0 Å². The molecule has 0 saturated carbocycles. The van der Waals surface area contributed by atoms with Gasteiger partial charge in [0.15, 0.2) is 6.23 Å². The van der Waals surface area contributed by atoms with E-state index >= 15 is 0 Å². The van der Waals surface area contributed by atoms with Gasteiger partial charge in [0.2, 0.25) is 0 Å². The van der Waals surface area contributed by atoms with E-state index in [1.54, 1.807) is 0 Å². The molecule has 1 aromatic carbocycles. The van der Waals surface area contributed by atoms with Gasteiger partial charge in [0.05, 0.1) is 11.1 Å². The molecule has 0 aromatic heterocycles. The minimum Gasteiger partial charge on any atom is -0.367 e. The van der Waals surface area contributed by atoms with Crippen LogP contribution in [0.15, 0.2) is 18.2 Å². The van der Waals surface area contributed by atoms with E-state index in [9.17, 15) is 13.7 Å². The lowest BCUT2D eigenvalue weighted by atomic mass is 10.1. The highest BCUT2D eigenvalue weighted by atomic mass is 19.2. The first-order valence-corrected chi connectivity index (χ1v) is 3.58. The maximum absolute atomic E-state index is 13.0. The van der Waals surface area contributed by atoms with Crippen LogP contribution >= 0.6 is 0 Å². The van der Waals surface area contributed by atoms with Crippen molar-refractivity contribution in [1.82, 2.24) is 5.12 Å². The van der Waals surface area contributed by atoms with Crippen LogP contribution in [-0.2, 0) is 0 Å². The summed E-state index contributed by atoms with van der Waals surface area (Å²) in [5, 5.41) is 8.70. The lowest BCUT2D eigenvalue weighted by Crippen LogP contribution is -2.17. The molecule has 0 bridgehead atoms. The molecule has 0 radical (unpaired) electrons. The van der Waals surface area contributed by atoms with E-state index in [-0.39, 0.29) is 11.1 Å². The minimum absolute atomic E-state index is 0.130. The predicted octanol–water partition coefficient (Wildman–Crippen LogP) is 1.16. The first-order chi connectivity index (χ1) is 6.13. The fourth-order valence-corrected chi connectivity index (χ4v) is 1.33. The van der Waals surface area contributed by atoms with E-state index in [1.165, 1.54) is 12.1 Å². The van der Waals surface area contributed by atoms with E-state index in [2.05, 4.69) is 0 Å². The second kappa shape index (κ2) is 2.50. The first-order valence-electron chi connectivity index (χ1n) is 3.58. The largest absolute Gasteiger partial charge is 0.367 e. The Morgan fingerprint density at radius 2 is 2.15 bits per heavy atom. The third-order valence-corrected chi connectivity index (χ3v) is 1.95. The van der Waals surface area contributed by atoms with Gasteiger partial charge < -0.3 is 5.11 Å². The highest BCUT2D eigenvalue weighted by molar-refractivity contribution is 5.98. The van der Waals surface area contributed by atoms with Crippen molar-refractivity contribution < 1.29 is 18.8 Å². The van der Waals surface area contributed by atoms with Crippen LogP contribution in [-0.4, -0.2) is 16.1 Å². The zero-order chi connectivity index (χ0) is 9.59. The molecule has 3 nitrogen and oxygen atoms in total. The molecule has 1 aliphatic heterocycles. The Balaban J connectivity index is 2.66. The molecule has 1 heterocycles. The molecular weight excluding hydrogens is 180 g/mol. The van der Waals surface area contributed by atoms with E-state index in [0.29, 0.717) is 0 Å². The Kier molecular flexibility index (Phi) is 1.56. The summed E-state index contributed by atoms with van der Waals surface area (Å²) in [7, 11) is 0. The van der Waals surface area contributed by atoms with Crippen molar-refractivity contribution in [1.29, 1.82) is 0 Å². The number of hydrogen-bond donors (Lipinski definition) is 1. The lowest BCUT2D eigenvalue weighted by molar-refractivity contribution is -0.0834. The molecule has 1 aliphatic rings. The van der Waals surface area contributed by atoms with Crippen LogP contribution in [0.2, 0.25) is 0 Å². The summed E-state index contributed by atoms with van der Waals surface area (Å²) < 4.78 is 25.7. The van der Waals surface area contributed by atoms with Gasteiger partial charge in [-0.1, -0.05) is 10.5 Å². The third kappa shape index (κ3) is 0.936. The average Bonchev–Trinajstić information content (AvgIpc) is 2.33.